The number of benzene rings is 2. The summed E-state index contributed by atoms with van der Waals surface area (Å²) in [6, 6.07) is 13.9. The molecule has 1 unspecified atom stereocenters. The SMILES string of the molecule is CCN(CC)S(=O)(=O)c1ccc(N2CC(C(=O)Nc3nc4ccccc4s3)CC2=O)cc1. The molecule has 3 aromatic rings. The van der Waals surface area contributed by atoms with Crippen molar-refractivity contribution in [2.75, 3.05) is 29.9 Å². The van der Waals surface area contributed by atoms with Gasteiger partial charge in [0.15, 0.2) is 5.13 Å². The number of hydrogen-bond donors (Lipinski definition) is 1. The van der Waals surface area contributed by atoms with Crippen LogP contribution < -0.4 is 10.2 Å². The molecule has 168 valence electrons. The summed E-state index contributed by atoms with van der Waals surface area (Å²) < 4.78 is 27.7. The van der Waals surface area contributed by atoms with Crippen molar-refractivity contribution in [1.82, 2.24) is 9.29 Å². The van der Waals surface area contributed by atoms with Gasteiger partial charge in [0.05, 0.1) is 21.0 Å². The van der Waals surface area contributed by atoms with E-state index in [2.05, 4.69) is 10.3 Å². The zero-order valence-electron chi connectivity index (χ0n) is 17.8. The number of nitrogens with zero attached hydrogens (tertiary/aromatic N) is 3. The van der Waals surface area contributed by atoms with Gasteiger partial charge in [0.1, 0.15) is 0 Å². The molecule has 1 saturated heterocycles. The van der Waals surface area contributed by atoms with E-state index in [-0.39, 0.29) is 29.7 Å². The number of sulfonamides is 1. The smallest absolute Gasteiger partial charge is 0.243 e. The third kappa shape index (κ3) is 4.25. The van der Waals surface area contributed by atoms with Crippen LogP contribution in [0.4, 0.5) is 10.8 Å². The molecule has 0 radical (unpaired) electrons. The molecular weight excluding hydrogens is 448 g/mol. The van der Waals surface area contributed by atoms with Crippen molar-refractivity contribution in [1.29, 1.82) is 0 Å². The van der Waals surface area contributed by atoms with Crippen LogP contribution >= 0.6 is 11.3 Å². The van der Waals surface area contributed by atoms with Gasteiger partial charge in [-0.15, -0.1) is 0 Å². The van der Waals surface area contributed by atoms with Gasteiger partial charge in [0.2, 0.25) is 21.8 Å². The molecule has 10 heteroatoms. The number of fused-ring (bicyclic) bond motifs is 1. The van der Waals surface area contributed by atoms with E-state index in [1.165, 1.54) is 32.7 Å². The van der Waals surface area contributed by atoms with Gasteiger partial charge in [-0.25, -0.2) is 13.4 Å². The number of para-hydroxylation sites is 1. The van der Waals surface area contributed by atoms with Crippen molar-refractivity contribution in [3.8, 4) is 0 Å². The van der Waals surface area contributed by atoms with Gasteiger partial charge >= 0.3 is 0 Å². The number of nitrogens with one attached hydrogen (secondary N) is 1. The van der Waals surface area contributed by atoms with E-state index < -0.39 is 15.9 Å². The summed E-state index contributed by atoms with van der Waals surface area (Å²) in [4.78, 5) is 31.4. The van der Waals surface area contributed by atoms with E-state index >= 15 is 0 Å². The Bertz CT molecular complexity index is 1220. The second kappa shape index (κ2) is 8.97. The first-order valence-electron chi connectivity index (χ1n) is 10.4. The average Bonchev–Trinajstić information content (AvgIpc) is 3.37. The molecular formula is C22H24N4O4S2. The summed E-state index contributed by atoms with van der Waals surface area (Å²) in [5.74, 6) is -0.928. The highest BCUT2D eigenvalue weighted by molar-refractivity contribution is 7.89. The van der Waals surface area contributed by atoms with Gasteiger partial charge in [-0.05, 0) is 36.4 Å². The van der Waals surface area contributed by atoms with Gasteiger partial charge in [-0.2, -0.15) is 4.31 Å². The highest BCUT2D eigenvalue weighted by atomic mass is 32.2. The van der Waals surface area contributed by atoms with Crippen molar-refractivity contribution in [3.63, 3.8) is 0 Å². The number of anilines is 2. The van der Waals surface area contributed by atoms with E-state index in [0.717, 1.165) is 10.2 Å². The largest absolute Gasteiger partial charge is 0.312 e. The van der Waals surface area contributed by atoms with Gasteiger partial charge in [0, 0.05) is 31.7 Å². The van der Waals surface area contributed by atoms with Crippen LogP contribution in [0.25, 0.3) is 10.2 Å². The van der Waals surface area contributed by atoms with Gasteiger partial charge < -0.3 is 10.2 Å². The number of thiazole rings is 1. The summed E-state index contributed by atoms with van der Waals surface area (Å²) in [5.41, 5.74) is 1.39. The minimum Gasteiger partial charge on any atom is -0.312 e. The summed E-state index contributed by atoms with van der Waals surface area (Å²) in [5, 5.41) is 3.33. The number of hydrogen-bond acceptors (Lipinski definition) is 6. The van der Waals surface area contributed by atoms with E-state index in [0.29, 0.717) is 23.9 Å². The molecule has 0 aliphatic carbocycles. The number of aromatic nitrogens is 1. The molecule has 0 bridgehead atoms. The number of amides is 2. The molecule has 1 aliphatic heterocycles. The maximum absolute atomic E-state index is 12.7. The first-order chi connectivity index (χ1) is 15.3. The molecule has 1 fully saturated rings. The second-order valence-corrected chi connectivity index (χ2v) is 10.4. The fourth-order valence-electron chi connectivity index (χ4n) is 3.78. The minimum atomic E-state index is -3.57. The van der Waals surface area contributed by atoms with Crippen LogP contribution in [0.2, 0.25) is 0 Å². The Balaban J connectivity index is 1.45. The molecule has 0 saturated carbocycles. The van der Waals surface area contributed by atoms with E-state index in [1.54, 1.807) is 26.0 Å². The summed E-state index contributed by atoms with van der Waals surface area (Å²) in [6.07, 6.45) is 0.0935. The molecule has 1 atom stereocenters. The molecule has 0 spiro atoms. The minimum absolute atomic E-state index is 0.0935. The van der Waals surface area contributed by atoms with Crippen molar-refractivity contribution >= 4 is 54.2 Å². The standard InChI is InChI=1S/C22H24N4O4S2/c1-3-25(4-2)32(29,30)17-11-9-16(10-12-17)26-14-15(13-20(26)27)21(28)24-22-23-18-7-5-6-8-19(18)31-22/h5-12,15H,3-4,13-14H2,1-2H3,(H,23,24,28). The van der Waals surface area contributed by atoms with Gasteiger partial charge in [0.25, 0.3) is 0 Å². The van der Waals surface area contributed by atoms with Gasteiger partial charge in [-0.1, -0.05) is 37.3 Å². The highest BCUT2D eigenvalue weighted by Gasteiger charge is 2.35. The molecule has 2 amide bonds. The number of carbonyl (C=O) groups is 2. The Morgan fingerprint density at radius 2 is 1.84 bits per heavy atom. The lowest BCUT2D eigenvalue weighted by molar-refractivity contribution is -0.122. The fourth-order valence-corrected chi connectivity index (χ4v) is 6.10. The predicted octanol–water partition coefficient (Wildman–Crippen LogP) is 3.32. The first kappa shape index (κ1) is 22.4. The van der Waals surface area contributed by atoms with Crippen molar-refractivity contribution in [2.45, 2.75) is 25.2 Å². The van der Waals surface area contributed by atoms with Crippen LogP contribution in [0.5, 0.6) is 0 Å². The molecule has 8 nitrogen and oxygen atoms in total. The zero-order chi connectivity index (χ0) is 22.9. The molecule has 4 rings (SSSR count). The van der Waals surface area contributed by atoms with Crippen LogP contribution in [0, 0.1) is 5.92 Å². The monoisotopic (exact) mass is 472 g/mol. The lowest BCUT2D eigenvalue weighted by atomic mass is 10.1. The summed E-state index contributed by atoms with van der Waals surface area (Å²) >= 11 is 1.39. The van der Waals surface area contributed by atoms with Crippen LogP contribution in [-0.2, 0) is 19.6 Å². The van der Waals surface area contributed by atoms with Crippen LogP contribution in [0.15, 0.2) is 53.4 Å². The number of rotatable bonds is 7. The molecule has 2 aromatic carbocycles. The van der Waals surface area contributed by atoms with E-state index in [1.807, 2.05) is 24.3 Å². The second-order valence-electron chi connectivity index (χ2n) is 7.46. The normalized spacial score (nSPS) is 16.8. The first-order valence-corrected chi connectivity index (χ1v) is 12.7. The number of carbonyl (C=O) groups excluding carboxylic acids is 2. The summed E-state index contributed by atoms with van der Waals surface area (Å²) in [6.45, 7) is 4.58. The third-order valence-electron chi connectivity index (χ3n) is 5.51. The molecule has 1 N–H and O–H groups in total. The topological polar surface area (TPSA) is 99.7 Å². The molecule has 1 aliphatic rings. The fraction of sp³-hybridized carbons (Fsp3) is 0.318. The molecule has 2 heterocycles. The molecule has 1 aromatic heterocycles. The predicted molar refractivity (Wildman–Crippen MR) is 125 cm³/mol. The Kier molecular flexibility index (Phi) is 6.27. The summed E-state index contributed by atoms with van der Waals surface area (Å²) in [7, 11) is -3.57. The van der Waals surface area contributed by atoms with Crippen molar-refractivity contribution < 1.29 is 18.0 Å². The Morgan fingerprint density at radius 1 is 1.16 bits per heavy atom. The van der Waals surface area contributed by atoms with Crippen LogP contribution in [0.1, 0.15) is 20.3 Å². The maximum atomic E-state index is 12.7. The Labute approximate surface area is 190 Å². The lowest BCUT2D eigenvalue weighted by Crippen LogP contribution is -2.31. The van der Waals surface area contributed by atoms with Crippen molar-refractivity contribution in [2.24, 2.45) is 5.92 Å². The average molecular weight is 473 g/mol. The van der Waals surface area contributed by atoms with Crippen LogP contribution in [-0.4, -0.2) is 49.2 Å². The lowest BCUT2D eigenvalue weighted by Gasteiger charge is -2.20. The van der Waals surface area contributed by atoms with E-state index in [9.17, 15) is 18.0 Å². The Hall–Kier alpha value is -2.82. The van der Waals surface area contributed by atoms with Gasteiger partial charge in [-0.3, -0.25) is 9.59 Å². The zero-order valence-corrected chi connectivity index (χ0v) is 19.4. The third-order valence-corrected chi connectivity index (χ3v) is 8.53. The molecule has 32 heavy (non-hydrogen) atoms. The van der Waals surface area contributed by atoms with Crippen molar-refractivity contribution in [3.05, 3.63) is 48.5 Å². The highest BCUT2D eigenvalue weighted by Crippen LogP contribution is 2.29. The van der Waals surface area contributed by atoms with Crippen LogP contribution in [0.3, 0.4) is 0 Å². The maximum Gasteiger partial charge on any atom is 0.243 e. The Morgan fingerprint density at radius 3 is 2.50 bits per heavy atom. The van der Waals surface area contributed by atoms with E-state index in [4.69, 9.17) is 0 Å². The quantitative estimate of drug-likeness (QED) is 0.569.